The molecule has 0 fully saturated rings. The molecule has 0 aliphatic carbocycles. The van der Waals surface area contributed by atoms with Gasteiger partial charge in [-0.1, -0.05) is 0 Å². The fourth-order valence-electron chi connectivity index (χ4n) is 1.61. The summed E-state index contributed by atoms with van der Waals surface area (Å²) in [7, 11) is 0. The van der Waals surface area contributed by atoms with Crippen molar-refractivity contribution in [1.82, 2.24) is 5.32 Å². The van der Waals surface area contributed by atoms with Gasteiger partial charge in [-0.25, -0.2) is 0 Å². The lowest BCUT2D eigenvalue weighted by Gasteiger charge is -2.15. The maximum atomic E-state index is 8.58. The molecule has 4 nitrogen and oxygen atoms in total. The minimum absolute atomic E-state index is 0.0667. The van der Waals surface area contributed by atoms with Crippen molar-refractivity contribution in [3.05, 3.63) is 26.6 Å². The van der Waals surface area contributed by atoms with Crippen LogP contribution >= 0.6 is 31.9 Å². The van der Waals surface area contributed by atoms with Crippen LogP contribution in [0.3, 0.4) is 0 Å². The Kier molecular flexibility index (Phi) is 8.72. The van der Waals surface area contributed by atoms with Gasteiger partial charge in [0.1, 0.15) is 5.75 Å². The van der Waals surface area contributed by atoms with Gasteiger partial charge in [0.05, 0.1) is 34.9 Å². The molecular formula is C14H21Br2NO3. The van der Waals surface area contributed by atoms with Crippen LogP contribution in [-0.4, -0.2) is 37.6 Å². The molecule has 2 N–H and O–H groups in total. The second-order valence-corrected chi connectivity index (χ2v) is 6.28. The molecule has 0 bridgehead atoms. The van der Waals surface area contributed by atoms with Crippen LogP contribution in [0.1, 0.15) is 19.4 Å². The molecule has 0 aromatic heterocycles. The normalized spacial score (nSPS) is 11.1. The third-order valence-electron chi connectivity index (χ3n) is 2.40. The lowest BCUT2D eigenvalue weighted by molar-refractivity contribution is 0.0938. The molecule has 0 spiro atoms. The van der Waals surface area contributed by atoms with Crippen molar-refractivity contribution in [3.8, 4) is 5.75 Å². The molecule has 114 valence electrons. The molecular weight excluding hydrogens is 390 g/mol. The van der Waals surface area contributed by atoms with E-state index in [1.54, 1.807) is 0 Å². The number of hydrogen-bond acceptors (Lipinski definition) is 4. The third kappa shape index (κ3) is 6.54. The second kappa shape index (κ2) is 9.73. The van der Waals surface area contributed by atoms with Crippen LogP contribution in [-0.2, 0) is 11.3 Å². The summed E-state index contributed by atoms with van der Waals surface area (Å²) in [6.07, 6.45) is 0.134. The molecule has 0 aliphatic heterocycles. The van der Waals surface area contributed by atoms with E-state index in [0.717, 1.165) is 33.3 Å². The fourth-order valence-corrected chi connectivity index (χ4v) is 3.07. The number of ether oxygens (including phenoxy) is 2. The van der Waals surface area contributed by atoms with E-state index in [1.165, 1.54) is 0 Å². The number of rotatable bonds is 9. The Balaban J connectivity index is 2.47. The van der Waals surface area contributed by atoms with Gasteiger partial charge in [0.2, 0.25) is 0 Å². The quantitative estimate of drug-likeness (QED) is 0.614. The summed E-state index contributed by atoms with van der Waals surface area (Å²) in [5.74, 6) is 0.829. The van der Waals surface area contributed by atoms with Crippen molar-refractivity contribution in [2.45, 2.75) is 26.5 Å². The van der Waals surface area contributed by atoms with Gasteiger partial charge in [-0.05, 0) is 63.4 Å². The Morgan fingerprint density at radius 1 is 1.20 bits per heavy atom. The molecule has 20 heavy (non-hydrogen) atoms. The van der Waals surface area contributed by atoms with Crippen LogP contribution in [0.2, 0.25) is 0 Å². The zero-order chi connectivity index (χ0) is 15.0. The average Bonchev–Trinajstić information content (AvgIpc) is 2.38. The zero-order valence-corrected chi connectivity index (χ0v) is 15.0. The first-order chi connectivity index (χ1) is 9.54. The maximum Gasteiger partial charge on any atom is 0.148 e. The van der Waals surface area contributed by atoms with E-state index in [4.69, 9.17) is 14.6 Å². The summed E-state index contributed by atoms with van der Waals surface area (Å²) < 4.78 is 12.8. The number of hydrogen-bond donors (Lipinski definition) is 2. The van der Waals surface area contributed by atoms with Crippen molar-refractivity contribution < 1.29 is 14.6 Å². The monoisotopic (exact) mass is 409 g/mol. The molecule has 1 aromatic rings. The Labute approximate surface area is 137 Å². The highest BCUT2D eigenvalue weighted by atomic mass is 79.9. The molecule has 0 radical (unpaired) electrons. The first kappa shape index (κ1) is 17.9. The Morgan fingerprint density at radius 2 is 1.85 bits per heavy atom. The predicted octanol–water partition coefficient (Wildman–Crippen LogP) is 3.10. The van der Waals surface area contributed by atoms with E-state index in [-0.39, 0.29) is 12.7 Å². The molecule has 1 rings (SSSR count). The summed E-state index contributed by atoms with van der Waals surface area (Å²) in [6.45, 7) is 6.55. The lowest BCUT2D eigenvalue weighted by Crippen LogP contribution is -2.20. The summed E-state index contributed by atoms with van der Waals surface area (Å²) in [5, 5.41) is 11.9. The summed E-state index contributed by atoms with van der Waals surface area (Å²) in [4.78, 5) is 0. The number of nitrogens with one attached hydrogen (secondary N) is 1. The summed E-state index contributed by atoms with van der Waals surface area (Å²) in [5.41, 5.74) is 1.15. The van der Waals surface area contributed by atoms with E-state index >= 15 is 0 Å². The molecule has 0 heterocycles. The SMILES string of the molecule is CC(C)Oc1c(Br)cc(CNCCOCCO)cc1Br. The minimum Gasteiger partial charge on any atom is -0.489 e. The Morgan fingerprint density at radius 3 is 2.40 bits per heavy atom. The van der Waals surface area contributed by atoms with E-state index in [1.807, 2.05) is 26.0 Å². The highest BCUT2D eigenvalue weighted by Gasteiger charge is 2.10. The number of halogens is 2. The maximum absolute atomic E-state index is 8.58. The first-order valence-corrected chi connectivity index (χ1v) is 8.17. The number of aliphatic hydroxyl groups is 1. The molecule has 0 unspecified atom stereocenters. The largest absolute Gasteiger partial charge is 0.489 e. The summed E-state index contributed by atoms with van der Waals surface area (Å²) in [6, 6.07) is 4.09. The first-order valence-electron chi connectivity index (χ1n) is 6.58. The van der Waals surface area contributed by atoms with Gasteiger partial charge in [0.15, 0.2) is 0 Å². The van der Waals surface area contributed by atoms with Crippen molar-refractivity contribution >= 4 is 31.9 Å². The van der Waals surface area contributed by atoms with Crippen LogP contribution in [0, 0.1) is 0 Å². The van der Waals surface area contributed by atoms with Crippen LogP contribution in [0.5, 0.6) is 5.75 Å². The van der Waals surface area contributed by atoms with Gasteiger partial charge < -0.3 is 19.9 Å². The minimum atomic E-state index is 0.0667. The fraction of sp³-hybridized carbons (Fsp3) is 0.571. The van der Waals surface area contributed by atoms with E-state index in [0.29, 0.717) is 13.2 Å². The highest BCUT2D eigenvalue weighted by molar-refractivity contribution is 9.11. The summed E-state index contributed by atoms with van der Waals surface area (Å²) >= 11 is 7.07. The van der Waals surface area contributed by atoms with E-state index in [2.05, 4.69) is 37.2 Å². The van der Waals surface area contributed by atoms with Crippen molar-refractivity contribution in [3.63, 3.8) is 0 Å². The highest BCUT2D eigenvalue weighted by Crippen LogP contribution is 2.35. The Hall–Kier alpha value is -0.140. The standard InChI is InChI=1S/C14H21Br2NO3/c1-10(2)20-14-12(15)7-11(8-13(14)16)9-17-3-5-19-6-4-18/h7-8,10,17-18H,3-6,9H2,1-2H3. The molecule has 6 heteroatoms. The van der Waals surface area contributed by atoms with E-state index < -0.39 is 0 Å². The molecule has 0 atom stereocenters. The van der Waals surface area contributed by atoms with Crippen LogP contribution in [0.25, 0.3) is 0 Å². The van der Waals surface area contributed by atoms with Gasteiger partial charge in [0, 0.05) is 13.1 Å². The van der Waals surface area contributed by atoms with Crippen molar-refractivity contribution in [2.75, 3.05) is 26.4 Å². The van der Waals surface area contributed by atoms with Gasteiger partial charge in [-0.2, -0.15) is 0 Å². The second-order valence-electron chi connectivity index (χ2n) is 4.57. The van der Waals surface area contributed by atoms with Gasteiger partial charge in [-0.3, -0.25) is 0 Å². The van der Waals surface area contributed by atoms with Gasteiger partial charge >= 0.3 is 0 Å². The zero-order valence-electron chi connectivity index (χ0n) is 11.8. The number of benzene rings is 1. The molecule has 0 aliphatic rings. The van der Waals surface area contributed by atoms with Crippen LogP contribution < -0.4 is 10.1 Å². The topological polar surface area (TPSA) is 50.7 Å². The molecule has 1 aromatic carbocycles. The lowest BCUT2D eigenvalue weighted by atomic mass is 10.2. The van der Waals surface area contributed by atoms with Crippen LogP contribution in [0.4, 0.5) is 0 Å². The smallest absolute Gasteiger partial charge is 0.148 e. The van der Waals surface area contributed by atoms with Crippen molar-refractivity contribution in [2.24, 2.45) is 0 Å². The van der Waals surface area contributed by atoms with Crippen LogP contribution in [0.15, 0.2) is 21.1 Å². The average molecular weight is 411 g/mol. The molecule has 0 saturated carbocycles. The van der Waals surface area contributed by atoms with Gasteiger partial charge in [-0.15, -0.1) is 0 Å². The van der Waals surface area contributed by atoms with Gasteiger partial charge in [0.25, 0.3) is 0 Å². The Bertz CT molecular complexity index is 390. The number of aliphatic hydroxyl groups excluding tert-OH is 1. The molecule has 0 amide bonds. The molecule has 0 saturated heterocycles. The predicted molar refractivity (Wildman–Crippen MR) is 87.2 cm³/mol. The van der Waals surface area contributed by atoms with Crippen molar-refractivity contribution in [1.29, 1.82) is 0 Å². The van der Waals surface area contributed by atoms with E-state index in [9.17, 15) is 0 Å². The third-order valence-corrected chi connectivity index (χ3v) is 3.58.